The minimum absolute atomic E-state index is 0.181. The van der Waals surface area contributed by atoms with Gasteiger partial charge in [-0.1, -0.05) is 0 Å². The lowest BCUT2D eigenvalue weighted by atomic mass is 10.3. The van der Waals surface area contributed by atoms with Crippen LogP contribution in [0.4, 0.5) is 4.39 Å². The highest BCUT2D eigenvalue weighted by atomic mass is 79.9. The van der Waals surface area contributed by atoms with Gasteiger partial charge >= 0.3 is 0 Å². The van der Waals surface area contributed by atoms with Crippen molar-refractivity contribution in [3.63, 3.8) is 0 Å². The fourth-order valence-corrected chi connectivity index (χ4v) is 0.937. The van der Waals surface area contributed by atoms with Crippen LogP contribution < -0.4 is 0 Å². The predicted octanol–water partition coefficient (Wildman–Crippen LogP) is 1.48. The summed E-state index contributed by atoms with van der Waals surface area (Å²) in [5, 5.41) is 8.62. The molecule has 0 aromatic carbocycles. The largest absolute Gasteiger partial charge is 0.392 e. The van der Waals surface area contributed by atoms with Crippen molar-refractivity contribution in [1.29, 1.82) is 0 Å². The first-order chi connectivity index (χ1) is 4.75. The van der Waals surface area contributed by atoms with E-state index in [-0.39, 0.29) is 11.1 Å². The minimum Gasteiger partial charge on any atom is -0.392 e. The smallest absolute Gasteiger partial charge is 0.227 e. The zero-order valence-corrected chi connectivity index (χ0v) is 6.60. The summed E-state index contributed by atoms with van der Waals surface area (Å²) in [6.07, 6.45) is 1.31. The number of aromatic nitrogens is 1. The third kappa shape index (κ3) is 1.33. The highest BCUT2D eigenvalue weighted by molar-refractivity contribution is 9.10. The van der Waals surface area contributed by atoms with Crippen molar-refractivity contribution >= 4 is 15.9 Å². The lowest BCUT2D eigenvalue weighted by Crippen LogP contribution is -1.90. The normalized spacial score (nSPS) is 9.90. The molecule has 0 aliphatic heterocycles. The van der Waals surface area contributed by atoms with Gasteiger partial charge in [-0.3, -0.25) is 0 Å². The molecule has 0 aliphatic carbocycles. The van der Waals surface area contributed by atoms with Gasteiger partial charge in [-0.25, -0.2) is 4.98 Å². The Morgan fingerprint density at radius 2 is 2.40 bits per heavy atom. The van der Waals surface area contributed by atoms with Crippen LogP contribution in [-0.2, 0) is 6.61 Å². The van der Waals surface area contributed by atoms with Gasteiger partial charge in [-0.05, 0) is 27.6 Å². The molecule has 1 heterocycles. The Kier molecular flexibility index (Phi) is 2.34. The van der Waals surface area contributed by atoms with E-state index in [1.807, 2.05) is 0 Å². The number of nitrogens with zero attached hydrogens (tertiary/aromatic N) is 1. The average Bonchev–Trinajstić information content (AvgIpc) is 1.95. The predicted molar refractivity (Wildman–Crippen MR) is 37.8 cm³/mol. The van der Waals surface area contributed by atoms with E-state index in [2.05, 4.69) is 20.9 Å². The van der Waals surface area contributed by atoms with E-state index in [9.17, 15) is 4.39 Å². The summed E-state index contributed by atoms with van der Waals surface area (Å²) in [6.45, 7) is -0.181. The Balaban J connectivity index is 3.14. The van der Waals surface area contributed by atoms with E-state index in [0.717, 1.165) is 0 Å². The molecule has 1 rings (SSSR count). The molecule has 0 spiro atoms. The van der Waals surface area contributed by atoms with Crippen LogP contribution in [0.25, 0.3) is 0 Å². The van der Waals surface area contributed by atoms with Gasteiger partial charge in [0.05, 0.1) is 11.1 Å². The quantitative estimate of drug-likeness (QED) is 0.705. The summed E-state index contributed by atoms with van der Waals surface area (Å²) in [5.41, 5.74) is 0.507. The molecular weight excluding hydrogens is 201 g/mol. The number of hydrogen-bond acceptors (Lipinski definition) is 2. The summed E-state index contributed by atoms with van der Waals surface area (Å²) in [5.74, 6) is -0.591. The van der Waals surface area contributed by atoms with Crippen molar-refractivity contribution in [3.8, 4) is 0 Å². The molecule has 54 valence electrons. The number of hydrogen-bond donors (Lipinski definition) is 1. The highest BCUT2D eigenvalue weighted by Crippen LogP contribution is 2.17. The maximum atomic E-state index is 12.5. The first-order valence-corrected chi connectivity index (χ1v) is 3.44. The van der Waals surface area contributed by atoms with Crippen LogP contribution >= 0.6 is 15.9 Å². The number of aliphatic hydroxyl groups excluding tert-OH is 1. The number of aliphatic hydroxyl groups is 1. The Morgan fingerprint density at radius 3 is 2.90 bits per heavy atom. The highest BCUT2D eigenvalue weighted by Gasteiger charge is 2.03. The number of halogens is 2. The van der Waals surface area contributed by atoms with Crippen LogP contribution in [0.3, 0.4) is 0 Å². The Hall–Kier alpha value is -0.480. The van der Waals surface area contributed by atoms with Gasteiger partial charge in [-0.15, -0.1) is 0 Å². The van der Waals surface area contributed by atoms with Crippen LogP contribution in [-0.4, -0.2) is 10.1 Å². The van der Waals surface area contributed by atoms with Crippen LogP contribution in [0.2, 0.25) is 0 Å². The second-order valence-corrected chi connectivity index (χ2v) is 2.53. The Labute approximate surface area is 65.8 Å². The van der Waals surface area contributed by atoms with Crippen molar-refractivity contribution in [1.82, 2.24) is 4.98 Å². The molecule has 2 nitrogen and oxygen atoms in total. The van der Waals surface area contributed by atoms with Gasteiger partial charge in [0.2, 0.25) is 5.95 Å². The molecule has 1 aromatic heterocycles. The maximum Gasteiger partial charge on any atom is 0.227 e. The Bertz CT molecular complexity index is 241. The lowest BCUT2D eigenvalue weighted by molar-refractivity contribution is 0.280. The fraction of sp³-hybridized carbons (Fsp3) is 0.167. The van der Waals surface area contributed by atoms with E-state index in [1.165, 1.54) is 6.20 Å². The second kappa shape index (κ2) is 3.07. The summed E-state index contributed by atoms with van der Waals surface area (Å²) >= 11 is 2.94. The van der Waals surface area contributed by atoms with Gasteiger partial charge in [0, 0.05) is 6.20 Å². The standard InChI is InChI=1S/C6H5BrFNO/c7-5-4(3-10)1-2-9-6(5)8/h1-2,10H,3H2. The minimum atomic E-state index is -0.591. The molecule has 0 saturated carbocycles. The van der Waals surface area contributed by atoms with E-state index >= 15 is 0 Å². The van der Waals surface area contributed by atoms with E-state index in [4.69, 9.17) is 5.11 Å². The van der Waals surface area contributed by atoms with Crippen molar-refractivity contribution in [2.24, 2.45) is 0 Å². The van der Waals surface area contributed by atoms with E-state index in [0.29, 0.717) is 5.56 Å². The molecule has 10 heavy (non-hydrogen) atoms. The molecule has 1 aromatic rings. The summed E-state index contributed by atoms with van der Waals surface area (Å²) in [6, 6.07) is 1.55. The van der Waals surface area contributed by atoms with Crippen LogP contribution in [0.5, 0.6) is 0 Å². The molecule has 4 heteroatoms. The molecule has 0 atom stereocenters. The SMILES string of the molecule is OCc1ccnc(F)c1Br. The molecular formula is C6H5BrFNO. The maximum absolute atomic E-state index is 12.5. The molecule has 1 N–H and O–H groups in total. The summed E-state index contributed by atoms with van der Waals surface area (Å²) < 4.78 is 12.7. The first kappa shape index (κ1) is 7.63. The van der Waals surface area contributed by atoms with Crippen LogP contribution in [0, 0.1) is 5.95 Å². The van der Waals surface area contributed by atoms with Gasteiger partial charge in [0.25, 0.3) is 0 Å². The molecule has 0 radical (unpaired) electrons. The zero-order valence-electron chi connectivity index (χ0n) is 5.01. The van der Waals surface area contributed by atoms with Crippen LogP contribution in [0.15, 0.2) is 16.7 Å². The zero-order chi connectivity index (χ0) is 7.56. The van der Waals surface area contributed by atoms with Gasteiger partial charge in [-0.2, -0.15) is 4.39 Å². The van der Waals surface area contributed by atoms with E-state index < -0.39 is 5.95 Å². The van der Waals surface area contributed by atoms with Gasteiger partial charge < -0.3 is 5.11 Å². The molecule has 0 amide bonds. The van der Waals surface area contributed by atoms with Crippen molar-refractivity contribution < 1.29 is 9.50 Å². The van der Waals surface area contributed by atoms with Gasteiger partial charge in [0.15, 0.2) is 0 Å². The number of rotatable bonds is 1. The van der Waals surface area contributed by atoms with Crippen molar-refractivity contribution in [3.05, 3.63) is 28.2 Å². The Morgan fingerprint density at radius 1 is 1.70 bits per heavy atom. The van der Waals surface area contributed by atoms with Crippen molar-refractivity contribution in [2.45, 2.75) is 6.61 Å². The van der Waals surface area contributed by atoms with Crippen molar-refractivity contribution in [2.75, 3.05) is 0 Å². The van der Waals surface area contributed by atoms with Gasteiger partial charge in [0.1, 0.15) is 0 Å². The monoisotopic (exact) mass is 205 g/mol. The molecule has 0 aliphatic rings. The second-order valence-electron chi connectivity index (χ2n) is 1.73. The van der Waals surface area contributed by atoms with Crippen LogP contribution in [0.1, 0.15) is 5.56 Å². The fourth-order valence-electron chi connectivity index (χ4n) is 0.577. The molecule has 0 saturated heterocycles. The third-order valence-corrected chi connectivity index (χ3v) is 1.93. The first-order valence-electron chi connectivity index (χ1n) is 2.65. The molecule has 0 unspecified atom stereocenters. The summed E-state index contributed by atoms with van der Waals surface area (Å²) in [7, 11) is 0. The molecule has 0 bridgehead atoms. The number of pyridine rings is 1. The summed E-state index contributed by atoms with van der Waals surface area (Å²) in [4.78, 5) is 3.36. The van der Waals surface area contributed by atoms with E-state index in [1.54, 1.807) is 6.07 Å². The third-order valence-electron chi connectivity index (χ3n) is 1.10. The topological polar surface area (TPSA) is 33.1 Å². The lowest BCUT2D eigenvalue weighted by Gasteiger charge is -1.98. The molecule has 0 fully saturated rings. The average molecular weight is 206 g/mol.